The van der Waals surface area contributed by atoms with Crippen LogP contribution in [0.25, 0.3) is 0 Å². The molecule has 27 heavy (non-hydrogen) atoms. The molecule has 1 aromatic carbocycles. The Bertz CT molecular complexity index is 606. The van der Waals surface area contributed by atoms with Gasteiger partial charge < -0.3 is 24.8 Å². The SMILES string of the molecule is CN=C(NCCN(C)C1CCCC1)N1CCN(c2cccc(OC)c2)CC1. The predicted molar refractivity (Wildman–Crippen MR) is 113 cm³/mol. The molecule has 3 rings (SSSR count). The number of rotatable bonds is 6. The van der Waals surface area contributed by atoms with Gasteiger partial charge in [-0.1, -0.05) is 18.9 Å². The lowest BCUT2D eigenvalue weighted by molar-refractivity contribution is 0.248. The molecule has 6 heteroatoms. The van der Waals surface area contributed by atoms with Gasteiger partial charge in [0, 0.05) is 64.1 Å². The molecule has 1 heterocycles. The minimum Gasteiger partial charge on any atom is -0.497 e. The lowest BCUT2D eigenvalue weighted by Crippen LogP contribution is -2.53. The van der Waals surface area contributed by atoms with E-state index in [1.54, 1.807) is 7.11 Å². The van der Waals surface area contributed by atoms with E-state index < -0.39 is 0 Å². The maximum Gasteiger partial charge on any atom is 0.193 e. The van der Waals surface area contributed by atoms with Crippen molar-refractivity contribution in [3.63, 3.8) is 0 Å². The Balaban J connectivity index is 1.44. The molecule has 1 saturated heterocycles. The maximum atomic E-state index is 5.35. The minimum absolute atomic E-state index is 0.778. The Morgan fingerprint density at radius 3 is 2.63 bits per heavy atom. The average molecular weight is 374 g/mol. The van der Waals surface area contributed by atoms with Gasteiger partial charge in [-0.15, -0.1) is 0 Å². The molecule has 0 spiro atoms. The Labute approximate surface area is 164 Å². The smallest absolute Gasteiger partial charge is 0.193 e. The molecule has 1 aliphatic heterocycles. The van der Waals surface area contributed by atoms with Crippen molar-refractivity contribution in [1.29, 1.82) is 0 Å². The van der Waals surface area contributed by atoms with Gasteiger partial charge in [0.25, 0.3) is 0 Å². The Morgan fingerprint density at radius 1 is 1.22 bits per heavy atom. The van der Waals surface area contributed by atoms with Crippen LogP contribution in [0.1, 0.15) is 25.7 Å². The number of piperazine rings is 1. The second kappa shape index (κ2) is 9.83. The summed E-state index contributed by atoms with van der Waals surface area (Å²) in [6, 6.07) is 9.10. The molecule has 0 atom stereocenters. The van der Waals surface area contributed by atoms with Crippen molar-refractivity contribution < 1.29 is 4.74 Å². The van der Waals surface area contributed by atoms with E-state index in [-0.39, 0.29) is 0 Å². The highest BCUT2D eigenvalue weighted by molar-refractivity contribution is 5.80. The fraction of sp³-hybridized carbons (Fsp3) is 0.667. The molecule has 1 aliphatic carbocycles. The normalized spacial score (nSPS) is 19.0. The van der Waals surface area contributed by atoms with Gasteiger partial charge in [-0.3, -0.25) is 4.99 Å². The van der Waals surface area contributed by atoms with E-state index in [1.165, 1.54) is 31.4 Å². The molecule has 6 nitrogen and oxygen atoms in total. The van der Waals surface area contributed by atoms with E-state index >= 15 is 0 Å². The standard InChI is InChI=1S/C21H35N5O/c1-22-21(23-11-12-24(2)18-7-4-5-8-18)26-15-13-25(14-16-26)19-9-6-10-20(17-19)27-3/h6,9-10,17-18H,4-5,7-8,11-16H2,1-3H3,(H,22,23). The molecule has 1 N–H and O–H groups in total. The first kappa shape index (κ1) is 19.8. The summed E-state index contributed by atoms with van der Waals surface area (Å²) in [4.78, 5) is 11.8. The highest BCUT2D eigenvalue weighted by Crippen LogP contribution is 2.23. The van der Waals surface area contributed by atoms with E-state index in [1.807, 2.05) is 13.1 Å². The molecule has 1 saturated carbocycles. The third kappa shape index (κ3) is 5.28. The summed E-state index contributed by atoms with van der Waals surface area (Å²) in [5.74, 6) is 1.94. The third-order valence-corrected chi connectivity index (χ3v) is 5.91. The van der Waals surface area contributed by atoms with Crippen LogP contribution in [-0.4, -0.2) is 82.3 Å². The number of nitrogens with zero attached hydrogens (tertiary/aromatic N) is 4. The Morgan fingerprint density at radius 2 is 1.96 bits per heavy atom. The topological polar surface area (TPSA) is 43.3 Å². The second-order valence-corrected chi connectivity index (χ2v) is 7.57. The highest BCUT2D eigenvalue weighted by atomic mass is 16.5. The van der Waals surface area contributed by atoms with Gasteiger partial charge in [-0.25, -0.2) is 0 Å². The molecule has 1 aromatic rings. The van der Waals surface area contributed by atoms with Gasteiger partial charge in [-0.05, 0) is 32.0 Å². The molecule has 0 radical (unpaired) electrons. The summed E-state index contributed by atoms with van der Waals surface area (Å²) in [5, 5.41) is 3.56. The average Bonchev–Trinajstić information content (AvgIpc) is 3.26. The first-order chi connectivity index (χ1) is 13.2. The monoisotopic (exact) mass is 373 g/mol. The van der Waals surface area contributed by atoms with Gasteiger partial charge >= 0.3 is 0 Å². The quantitative estimate of drug-likeness (QED) is 0.612. The third-order valence-electron chi connectivity index (χ3n) is 5.91. The predicted octanol–water partition coefficient (Wildman–Crippen LogP) is 2.27. The summed E-state index contributed by atoms with van der Waals surface area (Å²) in [5.41, 5.74) is 1.23. The van der Waals surface area contributed by atoms with Crippen LogP contribution in [0.3, 0.4) is 0 Å². The Kier molecular flexibility index (Phi) is 7.21. The number of ether oxygens (including phenoxy) is 1. The molecular formula is C21H35N5O. The second-order valence-electron chi connectivity index (χ2n) is 7.57. The van der Waals surface area contributed by atoms with Crippen LogP contribution in [-0.2, 0) is 0 Å². The van der Waals surface area contributed by atoms with E-state index in [9.17, 15) is 0 Å². The van der Waals surface area contributed by atoms with Gasteiger partial charge in [0.2, 0.25) is 0 Å². The summed E-state index contributed by atoms with van der Waals surface area (Å²) in [7, 11) is 5.86. The fourth-order valence-corrected chi connectivity index (χ4v) is 4.19. The summed E-state index contributed by atoms with van der Waals surface area (Å²) < 4.78 is 5.35. The van der Waals surface area contributed by atoms with E-state index in [2.05, 4.69) is 50.3 Å². The first-order valence-electron chi connectivity index (χ1n) is 10.3. The number of hydrogen-bond acceptors (Lipinski definition) is 4. The maximum absolute atomic E-state index is 5.35. The zero-order valence-electron chi connectivity index (χ0n) is 17.2. The molecule has 2 fully saturated rings. The van der Waals surface area contributed by atoms with Crippen LogP contribution in [0.2, 0.25) is 0 Å². The van der Waals surface area contributed by atoms with Gasteiger partial charge in [-0.2, -0.15) is 0 Å². The lowest BCUT2D eigenvalue weighted by Gasteiger charge is -2.38. The van der Waals surface area contributed by atoms with Gasteiger partial charge in [0.1, 0.15) is 5.75 Å². The zero-order valence-corrected chi connectivity index (χ0v) is 17.2. The molecule has 0 unspecified atom stereocenters. The number of aliphatic imine (C=N–C) groups is 1. The number of anilines is 1. The van der Waals surface area contributed by atoms with Crippen LogP contribution < -0.4 is 15.0 Å². The van der Waals surface area contributed by atoms with Crippen molar-refractivity contribution in [3.8, 4) is 5.75 Å². The Hall–Kier alpha value is -1.95. The molecule has 0 bridgehead atoms. The minimum atomic E-state index is 0.778. The van der Waals surface area contributed by atoms with Gasteiger partial charge in [0.15, 0.2) is 5.96 Å². The highest BCUT2D eigenvalue weighted by Gasteiger charge is 2.21. The summed E-state index contributed by atoms with van der Waals surface area (Å²) in [6.07, 6.45) is 5.50. The van der Waals surface area contributed by atoms with Crippen molar-refractivity contribution in [1.82, 2.24) is 15.1 Å². The van der Waals surface area contributed by atoms with Crippen LogP contribution in [0, 0.1) is 0 Å². The zero-order chi connectivity index (χ0) is 19.1. The fourth-order valence-electron chi connectivity index (χ4n) is 4.19. The van der Waals surface area contributed by atoms with Crippen molar-refractivity contribution >= 4 is 11.6 Å². The molecule has 2 aliphatic rings. The van der Waals surface area contributed by atoms with Gasteiger partial charge in [0.05, 0.1) is 7.11 Å². The van der Waals surface area contributed by atoms with Crippen molar-refractivity contribution in [2.24, 2.45) is 4.99 Å². The van der Waals surface area contributed by atoms with Crippen LogP contribution in [0.15, 0.2) is 29.3 Å². The number of benzene rings is 1. The van der Waals surface area contributed by atoms with E-state index in [0.29, 0.717) is 0 Å². The van der Waals surface area contributed by atoms with E-state index in [4.69, 9.17) is 4.74 Å². The van der Waals surface area contributed by atoms with E-state index in [0.717, 1.165) is 57.0 Å². The first-order valence-corrected chi connectivity index (χ1v) is 10.3. The number of guanidine groups is 1. The van der Waals surface area contributed by atoms with Crippen molar-refractivity contribution in [3.05, 3.63) is 24.3 Å². The van der Waals surface area contributed by atoms with Crippen molar-refractivity contribution in [2.75, 3.05) is 65.4 Å². The largest absolute Gasteiger partial charge is 0.497 e. The van der Waals surface area contributed by atoms with Crippen LogP contribution in [0.5, 0.6) is 5.75 Å². The molecule has 150 valence electrons. The molecule has 0 aromatic heterocycles. The number of methoxy groups -OCH3 is 1. The number of hydrogen-bond donors (Lipinski definition) is 1. The number of likely N-dealkylation sites (N-methyl/N-ethyl adjacent to an activating group) is 1. The van der Waals surface area contributed by atoms with Crippen molar-refractivity contribution in [2.45, 2.75) is 31.7 Å². The lowest BCUT2D eigenvalue weighted by atomic mass is 10.2. The summed E-state index contributed by atoms with van der Waals surface area (Å²) in [6.45, 7) is 5.99. The molecular weight excluding hydrogens is 338 g/mol. The number of nitrogens with one attached hydrogen (secondary N) is 1. The van der Waals surface area contributed by atoms with Crippen LogP contribution in [0.4, 0.5) is 5.69 Å². The molecule has 0 amide bonds. The van der Waals surface area contributed by atoms with Crippen LogP contribution >= 0.6 is 0 Å². The summed E-state index contributed by atoms with van der Waals surface area (Å²) >= 11 is 0.